The fourth-order valence-electron chi connectivity index (χ4n) is 1.96. The average molecular weight is 272 g/mol. The lowest BCUT2D eigenvalue weighted by molar-refractivity contribution is -0.136. The van der Waals surface area contributed by atoms with Crippen LogP contribution in [0.5, 0.6) is 0 Å². The van der Waals surface area contributed by atoms with Gasteiger partial charge in [0.25, 0.3) is 0 Å². The maximum absolute atomic E-state index is 11.6. The summed E-state index contributed by atoms with van der Waals surface area (Å²) in [5.74, 6) is -0.00165. The van der Waals surface area contributed by atoms with Crippen LogP contribution in [-0.4, -0.2) is 55.3 Å². The molecule has 0 bridgehead atoms. The van der Waals surface area contributed by atoms with Crippen LogP contribution in [-0.2, 0) is 14.3 Å². The van der Waals surface area contributed by atoms with Crippen LogP contribution in [0, 0.1) is 0 Å². The number of carbonyl (C=O) groups excluding carboxylic acids is 2. The highest BCUT2D eigenvalue weighted by Crippen LogP contribution is 2.12. The first-order valence-corrected chi connectivity index (χ1v) is 6.58. The zero-order chi connectivity index (χ0) is 14.5. The van der Waals surface area contributed by atoms with E-state index in [4.69, 9.17) is 9.47 Å². The van der Waals surface area contributed by atoms with Gasteiger partial charge < -0.3 is 19.7 Å². The molecule has 1 heterocycles. The van der Waals surface area contributed by atoms with Gasteiger partial charge in [-0.15, -0.1) is 0 Å². The van der Waals surface area contributed by atoms with E-state index in [0.29, 0.717) is 13.1 Å². The molecular weight excluding hydrogens is 248 g/mol. The smallest absolute Gasteiger partial charge is 0.407 e. The molecular formula is C13H24N2O4. The van der Waals surface area contributed by atoms with Crippen molar-refractivity contribution in [1.29, 1.82) is 0 Å². The molecule has 2 amide bonds. The van der Waals surface area contributed by atoms with Gasteiger partial charge in [0.15, 0.2) is 0 Å². The molecule has 0 unspecified atom stereocenters. The van der Waals surface area contributed by atoms with Crippen LogP contribution in [0.25, 0.3) is 0 Å². The molecule has 6 heteroatoms. The Hall–Kier alpha value is -1.30. The third-order valence-electron chi connectivity index (χ3n) is 2.84. The van der Waals surface area contributed by atoms with Crippen molar-refractivity contribution < 1.29 is 19.1 Å². The first-order chi connectivity index (χ1) is 8.81. The molecule has 1 N–H and O–H groups in total. The largest absolute Gasteiger partial charge is 0.444 e. The molecule has 19 heavy (non-hydrogen) atoms. The molecule has 6 nitrogen and oxygen atoms in total. The average Bonchev–Trinajstić information content (AvgIpc) is 2.27. The van der Waals surface area contributed by atoms with Gasteiger partial charge in [-0.3, -0.25) is 4.79 Å². The van der Waals surface area contributed by atoms with Crippen LogP contribution in [0.2, 0.25) is 0 Å². The van der Waals surface area contributed by atoms with Crippen molar-refractivity contribution in [2.75, 3.05) is 26.8 Å². The summed E-state index contributed by atoms with van der Waals surface area (Å²) >= 11 is 0. The molecule has 110 valence electrons. The second kappa shape index (κ2) is 6.75. The highest BCUT2D eigenvalue weighted by molar-refractivity contribution is 5.77. The number of rotatable bonds is 3. The minimum Gasteiger partial charge on any atom is -0.444 e. The number of amides is 2. The van der Waals surface area contributed by atoms with Crippen LogP contribution in [0.4, 0.5) is 4.79 Å². The lowest BCUT2D eigenvalue weighted by Crippen LogP contribution is -2.48. The molecule has 1 aliphatic heterocycles. The summed E-state index contributed by atoms with van der Waals surface area (Å²) < 4.78 is 10.0. The van der Waals surface area contributed by atoms with Crippen LogP contribution in [0.15, 0.2) is 0 Å². The number of hydrogen-bond donors (Lipinski definition) is 1. The predicted octanol–water partition coefficient (Wildman–Crippen LogP) is 1.15. The molecule has 0 saturated carbocycles. The van der Waals surface area contributed by atoms with Crippen LogP contribution in [0.3, 0.4) is 0 Å². The van der Waals surface area contributed by atoms with Crippen molar-refractivity contribution in [1.82, 2.24) is 10.2 Å². The summed E-state index contributed by atoms with van der Waals surface area (Å²) in [4.78, 5) is 25.0. The number of ether oxygens (including phenoxy) is 2. The van der Waals surface area contributed by atoms with E-state index >= 15 is 0 Å². The van der Waals surface area contributed by atoms with Gasteiger partial charge in [0.2, 0.25) is 5.91 Å². The van der Waals surface area contributed by atoms with Crippen molar-refractivity contribution in [2.24, 2.45) is 0 Å². The van der Waals surface area contributed by atoms with Gasteiger partial charge >= 0.3 is 6.09 Å². The summed E-state index contributed by atoms with van der Waals surface area (Å²) in [7, 11) is 1.51. The second-order valence-electron chi connectivity index (χ2n) is 5.73. The Morgan fingerprint density at radius 1 is 1.26 bits per heavy atom. The molecule has 0 aliphatic carbocycles. The topological polar surface area (TPSA) is 67.9 Å². The molecule has 0 aromatic carbocycles. The molecule has 0 radical (unpaired) electrons. The number of methoxy groups -OCH3 is 1. The first-order valence-electron chi connectivity index (χ1n) is 6.58. The Balaban J connectivity index is 2.30. The number of alkyl carbamates (subject to hydrolysis) is 1. The number of likely N-dealkylation sites (tertiary alicyclic amines) is 1. The molecule has 1 saturated heterocycles. The number of carbonyl (C=O) groups is 2. The maximum Gasteiger partial charge on any atom is 0.407 e. The highest BCUT2D eigenvalue weighted by atomic mass is 16.6. The van der Waals surface area contributed by atoms with E-state index in [2.05, 4.69) is 5.32 Å². The Bertz CT molecular complexity index is 317. The fourth-order valence-corrected chi connectivity index (χ4v) is 1.96. The highest BCUT2D eigenvalue weighted by Gasteiger charge is 2.25. The standard InChI is InChI=1S/C13H24N2O4/c1-13(2,3)19-12(17)14-10-5-7-15(8-6-10)11(16)9-18-4/h10H,5-9H2,1-4H3,(H,14,17). The molecule has 1 rings (SSSR count). The van der Waals surface area contributed by atoms with E-state index in [0.717, 1.165) is 12.8 Å². The van der Waals surface area contributed by atoms with Gasteiger partial charge in [-0.05, 0) is 33.6 Å². The quantitative estimate of drug-likeness (QED) is 0.837. The minimum atomic E-state index is -0.487. The van der Waals surface area contributed by atoms with E-state index in [1.165, 1.54) is 7.11 Å². The third-order valence-corrected chi connectivity index (χ3v) is 2.84. The molecule has 0 spiro atoms. The number of hydrogen-bond acceptors (Lipinski definition) is 4. The Kier molecular flexibility index (Phi) is 5.60. The van der Waals surface area contributed by atoms with Gasteiger partial charge in [0, 0.05) is 26.2 Å². The summed E-state index contributed by atoms with van der Waals surface area (Å²) in [5, 5.41) is 2.84. The fraction of sp³-hybridized carbons (Fsp3) is 0.846. The predicted molar refractivity (Wildman–Crippen MR) is 70.8 cm³/mol. The van der Waals surface area contributed by atoms with Crippen LogP contribution in [0.1, 0.15) is 33.6 Å². The SMILES string of the molecule is COCC(=O)N1CCC(NC(=O)OC(C)(C)C)CC1. The van der Waals surface area contributed by atoms with Crippen molar-refractivity contribution in [3.05, 3.63) is 0 Å². The van der Waals surface area contributed by atoms with Gasteiger partial charge in [-0.2, -0.15) is 0 Å². The second-order valence-corrected chi connectivity index (χ2v) is 5.73. The van der Waals surface area contributed by atoms with E-state index in [1.807, 2.05) is 20.8 Å². The summed E-state index contributed by atoms with van der Waals surface area (Å²) in [6, 6.07) is 0.0708. The Morgan fingerprint density at radius 2 is 1.84 bits per heavy atom. The van der Waals surface area contributed by atoms with E-state index in [1.54, 1.807) is 4.90 Å². The Labute approximate surface area is 114 Å². The van der Waals surface area contributed by atoms with E-state index in [9.17, 15) is 9.59 Å². The van der Waals surface area contributed by atoms with Crippen molar-refractivity contribution >= 4 is 12.0 Å². The molecule has 1 aliphatic rings. The van der Waals surface area contributed by atoms with Crippen LogP contribution < -0.4 is 5.32 Å². The molecule has 0 aromatic rings. The Morgan fingerprint density at radius 3 is 2.32 bits per heavy atom. The van der Waals surface area contributed by atoms with Gasteiger partial charge in [0.05, 0.1) is 0 Å². The van der Waals surface area contributed by atoms with Gasteiger partial charge in [0.1, 0.15) is 12.2 Å². The molecule has 1 fully saturated rings. The van der Waals surface area contributed by atoms with Crippen molar-refractivity contribution in [3.8, 4) is 0 Å². The summed E-state index contributed by atoms with van der Waals surface area (Å²) in [5.41, 5.74) is -0.487. The maximum atomic E-state index is 11.6. The summed E-state index contributed by atoms with van der Waals surface area (Å²) in [6.45, 7) is 6.89. The molecule has 0 atom stereocenters. The lowest BCUT2D eigenvalue weighted by atomic mass is 10.1. The third kappa shape index (κ3) is 5.92. The molecule has 0 aromatic heterocycles. The zero-order valence-electron chi connectivity index (χ0n) is 12.2. The van der Waals surface area contributed by atoms with Gasteiger partial charge in [-0.1, -0.05) is 0 Å². The summed E-state index contributed by atoms with van der Waals surface area (Å²) in [6.07, 6.45) is 1.10. The first kappa shape index (κ1) is 15.8. The van der Waals surface area contributed by atoms with Crippen LogP contribution >= 0.6 is 0 Å². The number of piperidine rings is 1. The monoisotopic (exact) mass is 272 g/mol. The van der Waals surface area contributed by atoms with Crippen molar-refractivity contribution in [3.63, 3.8) is 0 Å². The van der Waals surface area contributed by atoms with E-state index in [-0.39, 0.29) is 18.6 Å². The minimum absolute atomic E-state index is 0.00165. The zero-order valence-corrected chi connectivity index (χ0v) is 12.2. The van der Waals surface area contributed by atoms with E-state index < -0.39 is 11.7 Å². The van der Waals surface area contributed by atoms with Crippen molar-refractivity contribution in [2.45, 2.75) is 45.3 Å². The normalized spacial score (nSPS) is 17.2. The number of nitrogens with one attached hydrogen (secondary N) is 1. The number of nitrogens with zero attached hydrogens (tertiary/aromatic N) is 1. The lowest BCUT2D eigenvalue weighted by Gasteiger charge is -2.32. The van der Waals surface area contributed by atoms with Gasteiger partial charge in [-0.25, -0.2) is 4.79 Å².